The van der Waals surface area contributed by atoms with Crippen molar-refractivity contribution in [3.8, 4) is 11.5 Å². The lowest BCUT2D eigenvalue weighted by Crippen LogP contribution is -2.33. The maximum atomic E-state index is 13.3. The second kappa shape index (κ2) is 15.5. The first-order valence-corrected chi connectivity index (χ1v) is 13.6. The Morgan fingerprint density at radius 3 is 1.95 bits per heavy atom. The number of carbonyl (C=O) groups is 2. The summed E-state index contributed by atoms with van der Waals surface area (Å²) in [6, 6.07) is 16.2. The highest BCUT2D eigenvalue weighted by Gasteiger charge is 2.34. The van der Waals surface area contributed by atoms with Gasteiger partial charge in [-0.3, -0.25) is 9.59 Å². The van der Waals surface area contributed by atoms with Gasteiger partial charge in [-0.25, -0.2) is 0 Å². The van der Waals surface area contributed by atoms with Crippen LogP contribution in [0, 0.1) is 0 Å². The van der Waals surface area contributed by atoms with Crippen LogP contribution in [0.25, 0.3) is 0 Å². The number of ether oxygens (including phenoxy) is 3. The molecule has 0 aliphatic rings. The minimum Gasteiger partial charge on any atom is -0.496 e. The largest absolute Gasteiger partial charge is 0.573 e. The smallest absolute Gasteiger partial charge is 0.496 e. The van der Waals surface area contributed by atoms with E-state index >= 15 is 0 Å². The van der Waals surface area contributed by atoms with E-state index in [0.717, 1.165) is 49.4 Å². The predicted octanol–water partition coefficient (Wildman–Crippen LogP) is 8.63. The molecule has 1 N–H and O–H groups in total. The third-order valence-electron chi connectivity index (χ3n) is 6.16. The zero-order valence-corrected chi connectivity index (χ0v) is 24.9. The first-order chi connectivity index (χ1) is 20.5. The maximum Gasteiger partial charge on any atom is 0.573 e. The van der Waals surface area contributed by atoms with E-state index in [4.69, 9.17) is 4.74 Å². The Balaban J connectivity index is 0.000000860. The van der Waals surface area contributed by atoms with Gasteiger partial charge < -0.3 is 19.5 Å². The first kappa shape index (κ1) is 36.0. The van der Waals surface area contributed by atoms with Crippen LogP contribution >= 0.6 is 0 Å². The summed E-state index contributed by atoms with van der Waals surface area (Å²) in [6.45, 7) is 7.87. The van der Waals surface area contributed by atoms with Gasteiger partial charge in [-0.1, -0.05) is 55.8 Å². The monoisotopic (exact) mass is 627 g/mol. The van der Waals surface area contributed by atoms with Gasteiger partial charge in [-0.2, -0.15) is 13.2 Å². The lowest BCUT2D eigenvalue weighted by Gasteiger charge is -2.29. The Morgan fingerprint density at radius 2 is 1.50 bits per heavy atom. The first-order valence-electron chi connectivity index (χ1n) is 13.6. The molecule has 12 heteroatoms. The van der Waals surface area contributed by atoms with E-state index in [1.165, 1.54) is 12.1 Å². The van der Waals surface area contributed by atoms with E-state index < -0.39 is 35.8 Å². The Kier molecular flexibility index (Phi) is 12.7. The quantitative estimate of drug-likeness (QED) is 0.180. The number of nitrogens with one attached hydrogen (secondary N) is 1. The van der Waals surface area contributed by atoms with Gasteiger partial charge in [0, 0.05) is 5.92 Å². The molecule has 2 atom stereocenters. The molecular weight excluding hydrogens is 592 g/mol. The van der Waals surface area contributed by atoms with Crippen molar-refractivity contribution in [1.82, 2.24) is 5.32 Å². The lowest BCUT2D eigenvalue weighted by molar-refractivity contribution is -0.274. The number of amides is 1. The third kappa shape index (κ3) is 11.5. The molecule has 3 rings (SSSR count). The van der Waals surface area contributed by atoms with Crippen LogP contribution in [0.2, 0.25) is 0 Å². The maximum absolute atomic E-state index is 13.3. The average molecular weight is 628 g/mol. The Bertz CT molecular complexity index is 1340. The van der Waals surface area contributed by atoms with Crippen LogP contribution in [0.1, 0.15) is 79.5 Å². The van der Waals surface area contributed by atoms with E-state index in [1.807, 2.05) is 58.0 Å². The second-order valence-corrected chi connectivity index (χ2v) is 10.6. The highest BCUT2D eigenvalue weighted by molar-refractivity contribution is 5.97. The normalized spacial score (nSPS) is 13.1. The summed E-state index contributed by atoms with van der Waals surface area (Å²) in [4.78, 5) is 22.9. The van der Waals surface area contributed by atoms with E-state index in [2.05, 4.69) is 14.8 Å². The van der Waals surface area contributed by atoms with Crippen molar-refractivity contribution < 1.29 is 50.1 Å². The summed E-state index contributed by atoms with van der Waals surface area (Å²) < 4.78 is 90.9. The Labute approximate surface area is 252 Å². The topological polar surface area (TPSA) is 73.9 Å². The molecule has 0 bridgehead atoms. The van der Waals surface area contributed by atoms with E-state index in [-0.39, 0.29) is 22.8 Å². The van der Waals surface area contributed by atoms with Gasteiger partial charge in [-0.05, 0) is 68.7 Å². The van der Waals surface area contributed by atoms with Crippen LogP contribution in [0.3, 0.4) is 0 Å². The molecular formula is C32H35F6NO5. The summed E-state index contributed by atoms with van der Waals surface area (Å²) >= 11 is 0. The standard InChI is InChI=1S/C27H25F6NO3.C5H10O2/c1-3-7-21(17-8-5-4-6-9-17)24(18-10-13-20(14-11-18)37-27(31,32)33)34-25(35)22-15-12-19(26(28,29)30)16-23(22)36-2;1-5(2,3)7-4-6/h4-6,8-16,21,24H,3,7H2,1-2H3,(H,34,35);4H,1-3H3. The molecule has 6 nitrogen and oxygen atoms in total. The summed E-state index contributed by atoms with van der Waals surface area (Å²) in [5, 5.41) is 2.87. The molecule has 2 unspecified atom stereocenters. The van der Waals surface area contributed by atoms with Gasteiger partial charge in [0.2, 0.25) is 0 Å². The molecule has 3 aromatic rings. The average Bonchev–Trinajstić information content (AvgIpc) is 2.94. The number of hydrogen-bond acceptors (Lipinski definition) is 5. The minimum atomic E-state index is -4.86. The van der Waals surface area contributed by atoms with Crippen molar-refractivity contribution in [3.63, 3.8) is 0 Å². The summed E-state index contributed by atoms with van der Waals surface area (Å²) in [5.41, 5.74) is -0.0192. The highest BCUT2D eigenvalue weighted by atomic mass is 19.4. The fourth-order valence-electron chi connectivity index (χ4n) is 4.25. The van der Waals surface area contributed by atoms with Crippen molar-refractivity contribution >= 4 is 12.4 Å². The van der Waals surface area contributed by atoms with Crippen LogP contribution in [0.5, 0.6) is 11.5 Å². The molecule has 0 spiro atoms. The molecule has 240 valence electrons. The lowest BCUT2D eigenvalue weighted by atomic mass is 9.83. The van der Waals surface area contributed by atoms with Crippen LogP contribution in [0.15, 0.2) is 72.8 Å². The molecule has 0 radical (unpaired) electrons. The molecule has 0 heterocycles. The van der Waals surface area contributed by atoms with Crippen LogP contribution in [-0.2, 0) is 15.7 Å². The van der Waals surface area contributed by atoms with Gasteiger partial charge in [0.15, 0.2) is 0 Å². The molecule has 0 aromatic heterocycles. The number of alkyl halides is 6. The van der Waals surface area contributed by atoms with Crippen molar-refractivity contribution in [1.29, 1.82) is 0 Å². The molecule has 0 fully saturated rings. The SMILES string of the molecule is CC(C)(C)OC=O.CCCC(c1ccccc1)C(NC(=O)c1ccc(C(F)(F)F)cc1OC)c1ccc(OC(F)(F)F)cc1. The summed E-state index contributed by atoms with van der Waals surface area (Å²) in [6.07, 6.45) is -8.14. The number of hydrogen-bond donors (Lipinski definition) is 1. The molecule has 44 heavy (non-hydrogen) atoms. The molecule has 1 amide bonds. The van der Waals surface area contributed by atoms with Crippen molar-refractivity contribution in [2.45, 2.75) is 70.6 Å². The van der Waals surface area contributed by atoms with Crippen molar-refractivity contribution in [2.75, 3.05) is 7.11 Å². The van der Waals surface area contributed by atoms with Crippen molar-refractivity contribution in [3.05, 3.63) is 95.1 Å². The number of halogens is 6. The Morgan fingerprint density at radius 1 is 0.886 bits per heavy atom. The van der Waals surface area contributed by atoms with Gasteiger partial charge in [0.05, 0.1) is 24.3 Å². The van der Waals surface area contributed by atoms with Crippen LogP contribution in [0.4, 0.5) is 26.3 Å². The van der Waals surface area contributed by atoms with Crippen LogP contribution < -0.4 is 14.8 Å². The molecule has 3 aromatic carbocycles. The number of rotatable bonds is 10. The number of methoxy groups -OCH3 is 1. The minimum absolute atomic E-state index is 0.110. The fourth-order valence-corrected chi connectivity index (χ4v) is 4.25. The molecule has 0 saturated carbocycles. The molecule has 0 saturated heterocycles. The predicted molar refractivity (Wildman–Crippen MR) is 152 cm³/mol. The van der Waals surface area contributed by atoms with E-state index in [1.54, 1.807) is 0 Å². The fraction of sp³-hybridized carbons (Fsp3) is 0.375. The number of benzene rings is 3. The zero-order valence-electron chi connectivity index (χ0n) is 24.9. The van der Waals surface area contributed by atoms with Gasteiger partial charge in [0.1, 0.15) is 17.1 Å². The van der Waals surface area contributed by atoms with Gasteiger partial charge in [0.25, 0.3) is 12.4 Å². The second-order valence-electron chi connectivity index (χ2n) is 10.6. The van der Waals surface area contributed by atoms with E-state index in [0.29, 0.717) is 18.5 Å². The molecule has 0 aliphatic heterocycles. The van der Waals surface area contributed by atoms with Gasteiger partial charge >= 0.3 is 12.5 Å². The highest BCUT2D eigenvalue weighted by Crippen LogP contribution is 2.37. The van der Waals surface area contributed by atoms with Crippen molar-refractivity contribution in [2.24, 2.45) is 0 Å². The third-order valence-corrected chi connectivity index (χ3v) is 6.16. The summed E-state index contributed by atoms with van der Waals surface area (Å²) in [7, 11) is 1.16. The van der Waals surface area contributed by atoms with Gasteiger partial charge in [-0.15, -0.1) is 13.2 Å². The number of carbonyl (C=O) groups excluding carboxylic acids is 2. The summed E-state index contributed by atoms with van der Waals surface area (Å²) in [5.74, 6) is -1.66. The van der Waals surface area contributed by atoms with E-state index in [9.17, 15) is 35.9 Å². The Hall–Kier alpha value is -4.22. The van der Waals surface area contributed by atoms with Crippen LogP contribution in [-0.4, -0.2) is 31.5 Å². The zero-order chi connectivity index (χ0) is 33.1. The molecule has 0 aliphatic carbocycles.